The molecule has 3 aromatic rings. The number of carbonyl (C=O) groups excluding carboxylic acids is 1. The number of methoxy groups -OCH3 is 1. The summed E-state index contributed by atoms with van der Waals surface area (Å²) in [6.45, 7) is 0.377. The summed E-state index contributed by atoms with van der Waals surface area (Å²) < 4.78 is 5.20. The van der Waals surface area contributed by atoms with Gasteiger partial charge < -0.3 is 10.1 Å². The molecule has 2 aromatic heterocycles. The summed E-state index contributed by atoms with van der Waals surface area (Å²) in [7, 11) is 1.55. The lowest BCUT2D eigenvalue weighted by atomic mass is 10.2. The van der Waals surface area contributed by atoms with Gasteiger partial charge in [0.2, 0.25) is 0 Å². The van der Waals surface area contributed by atoms with E-state index in [0.29, 0.717) is 17.9 Å². The molecule has 0 saturated heterocycles. The van der Waals surface area contributed by atoms with Gasteiger partial charge in [0, 0.05) is 23.3 Å². The molecule has 0 bridgehead atoms. The first-order chi connectivity index (χ1) is 11.3. The molecule has 5 nitrogen and oxygen atoms in total. The van der Waals surface area contributed by atoms with Crippen LogP contribution in [0, 0.1) is 0 Å². The molecular formula is C17H15N3O2S. The standard InChI is InChI=1S/C17H15N3O2S/c1-22-15-7-3-2-6-13(15)17(21)19-10-16-20-14(11-23-16)12-5-4-8-18-9-12/h2-9,11H,10H2,1H3,(H,19,21). The van der Waals surface area contributed by atoms with E-state index in [1.807, 2.05) is 23.6 Å². The van der Waals surface area contributed by atoms with Crippen molar-refractivity contribution in [1.82, 2.24) is 15.3 Å². The second-order valence-corrected chi connectivity index (χ2v) is 5.69. The third kappa shape index (κ3) is 3.54. The summed E-state index contributed by atoms with van der Waals surface area (Å²) in [5.74, 6) is 0.376. The molecule has 0 aliphatic carbocycles. The van der Waals surface area contributed by atoms with Gasteiger partial charge in [-0.2, -0.15) is 0 Å². The van der Waals surface area contributed by atoms with Crippen LogP contribution in [-0.2, 0) is 6.54 Å². The zero-order chi connectivity index (χ0) is 16.1. The maximum atomic E-state index is 12.3. The topological polar surface area (TPSA) is 64.1 Å². The summed E-state index contributed by atoms with van der Waals surface area (Å²) >= 11 is 1.51. The van der Waals surface area contributed by atoms with Crippen LogP contribution < -0.4 is 10.1 Å². The van der Waals surface area contributed by atoms with E-state index in [0.717, 1.165) is 16.3 Å². The van der Waals surface area contributed by atoms with Crippen molar-refractivity contribution in [2.75, 3.05) is 7.11 Å². The number of ether oxygens (including phenoxy) is 1. The predicted octanol–water partition coefficient (Wildman–Crippen LogP) is 3.14. The summed E-state index contributed by atoms with van der Waals surface area (Å²) in [4.78, 5) is 20.9. The minimum absolute atomic E-state index is 0.180. The van der Waals surface area contributed by atoms with E-state index >= 15 is 0 Å². The Bertz CT molecular complexity index is 802. The van der Waals surface area contributed by atoms with Crippen LogP contribution in [0.3, 0.4) is 0 Å². The fourth-order valence-electron chi connectivity index (χ4n) is 2.12. The van der Waals surface area contributed by atoms with Gasteiger partial charge >= 0.3 is 0 Å². The lowest BCUT2D eigenvalue weighted by molar-refractivity contribution is 0.0948. The number of thiazole rings is 1. The van der Waals surface area contributed by atoms with Gasteiger partial charge in [-0.3, -0.25) is 9.78 Å². The number of hydrogen-bond acceptors (Lipinski definition) is 5. The number of hydrogen-bond donors (Lipinski definition) is 1. The smallest absolute Gasteiger partial charge is 0.255 e. The van der Waals surface area contributed by atoms with Crippen molar-refractivity contribution >= 4 is 17.2 Å². The Hall–Kier alpha value is -2.73. The Kier molecular flexibility index (Phi) is 4.63. The van der Waals surface area contributed by atoms with Gasteiger partial charge in [0.05, 0.1) is 24.9 Å². The average molecular weight is 325 g/mol. The van der Waals surface area contributed by atoms with E-state index < -0.39 is 0 Å². The molecule has 116 valence electrons. The highest BCUT2D eigenvalue weighted by atomic mass is 32.1. The average Bonchev–Trinajstić information content (AvgIpc) is 3.09. The third-order valence-corrected chi connectivity index (χ3v) is 4.11. The van der Waals surface area contributed by atoms with Gasteiger partial charge in [0.25, 0.3) is 5.91 Å². The molecule has 0 saturated carbocycles. The Labute approximate surface area is 138 Å². The van der Waals surface area contributed by atoms with Crippen LogP contribution in [0.15, 0.2) is 54.2 Å². The Morgan fingerprint density at radius 2 is 2.13 bits per heavy atom. The van der Waals surface area contributed by atoms with E-state index in [9.17, 15) is 4.79 Å². The molecule has 2 heterocycles. The summed E-state index contributed by atoms with van der Waals surface area (Å²) in [5.41, 5.74) is 2.34. The number of aromatic nitrogens is 2. The first-order valence-electron chi connectivity index (χ1n) is 7.04. The fraction of sp³-hybridized carbons (Fsp3) is 0.118. The molecule has 0 radical (unpaired) electrons. The second-order valence-electron chi connectivity index (χ2n) is 4.75. The van der Waals surface area contributed by atoms with Crippen molar-refractivity contribution in [3.05, 3.63) is 64.7 Å². The number of pyridine rings is 1. The predicted molar refractivity (Wildman–Crippen MR) is 89.5 cm³/mol. The van der Waals surface area contributed by atoms with Crippen molar-refractivity contribution in [3.63, 3.8) is 0 Å². The second kappa shape index (κ2) is 7.02. The van der Waals surface area contributed by atoms with E-state index in [2.05, 4.69) is 15.3 Å². The molecule has 3 rings (SSSR count). The zero-order valence-corrected chi connectivity index (χ0v) is 13.3. The molecule has 0 aliphatic rings. The van der Waals surface area contributed by atoms with Crippen molar-refractivity contribution in [2.24, 2.45) is 0 Å². The highest BCUT2D eigenvalue weighted by Gasteiger charge is 2.12. The lowest BCUT2D eigenvalue weighted by Crippen LogP contribution is -2.23. The molecule has 1 aromatic carbocycles. The lowest BCUT2D eigenvalue weighted by Gasteiger charge is -2.07. The Morgan fingerprint density at radius 1 is 1.26 bits per heavy atom. The number of carbonyl (C=O) groups is 1. The number of nitrogens with one attached hydrogen (secondary N) is 1. The Morgan fingerprint density at radius 3 is 2.91 bits per heavy atom. The van der Waals surface area contributed by atoms with E-state index in [1.165, 1.54) is 11.3 Å². The van der Waals surface area contributed by atoms with Crippen LogP contribution in [-0.4, -0.2) is 23.0 Å². The minimum atomic E-state index is -0.180. The largest absolute Gasteiger partial charge is 0.496 e. The summed E-state index contributed by atoms with van der Waals surface area (Å²) in [6, 6.07) is 11.0. The van der Waals surface area contributed by atoms with Gasteiger partial charge in [-0.25, -0.2) is 4.98 Å². The number of nitrogens with zero attached hydrogens (tertiary/aromatic N) is 2. The van der Waals surface area contributed by atoms with Crippen LogP contribution in [0.5, 0.6) is 5.75 Å². The number of benzene rings is 1. The van der Waals surface area contributed by atoms with Crippen LogP contribution in [0.25, 0.3) is 11.3 Å². The van der Waals surface area contributed by atoms with Crippen LogP contribution in [0.1, 0.15) is 15.4 Å². The maximum Gasteiger partial charge on any atom is 0.255 e. The minimum Gasteiger partial charge on any atom is -0.496 e. The Balaban J connectivity index is 1.67. The van der Waals surface area contributed by atoms with Crippen LogP contribution in [0.2, 0.25) is 0 Å². The highest BCUT2D eigenvalue weighted by molar-refractivity contribution is 7.09. The zero-order valence-electron chi connectivity index (χ0n) is 12.5. The first kappa shape index (κ1) is 15.2. The fourth-order valence-corrected chi connectivity index (χ4v) is 2.87. The van der Waals surface area contributed by atoms with Gasteiger partial charge in [0.15, 0.2) is 0 Å². The molecule has 0 unspecified atom stereocenters. The molecular weight excluding hydrogens is 310 g/mol. The van der Waals surface area contributed by atoms with E-state index in [1.54, 1.807) is 37.7 Å². The molecule has 6 heteroatoms. The maximum absolute atomic E-state index is 12.3. The molecule has 0 spiro atoms. The first-order valence-corrected chi connectivity index (χ1v) is 7.92. The highest BCUT2D eigenvalue weighted by Crippen LogP contribution is 2.21. The molecule has 23 heavy (non-hydrogen) atoms. The van der Waals surface area contributed by atoms with Crippen molar-refractivity contribution in [1.29, 1.82) is 0 Å². The number of rotatable bonds is 5. The summed E-state index contributed by atoms with van der Waals surface area (Å²) in [5, 5.41) is 5.67. The van der Waals surface area contributed by atoms with Crippen molar-refractivity contribution < 1.29 is 9.53 Å². The third-order valence-electron chi connectivity index (χ3n) is 3.26. The van der Waals surface area contributed by atoms with Crippen LogP contribution >= 0.6 is 11.3 Å². The molecule has 1 N–H and O–H groups in total. The quantitative estimate of drug-likeness (QED) is 0.783. The van der Waals surface area contributed by atoms with Gasteiger partial charge in [-0.1, -0.05) is 12.1 Å². The molecule has 0 aliphatic heterocycles. The molecule has 0 fully saturated rings. The normalized spacial score (nSPS) is 10.3. The van der Waals surface area contributed by atoms with Gasteiger partial charge in [0.1, 0.15) is 10.8 Å². The molecule has 1 amide bonds. The van der Waals surface area contributed by atoms with Gasteiger partial charge in [-0.15, -0.1) is 11.3 Å². The number of para-hydroxylation sites is 1. The van der Waals surface area contributed by atoms with E-state index in [4.69, 9.17) is 4.74 Å². The number of amides is 1. The summed E-state index contributed by atoms with van der Waals surface area (Å²) in [6.07, 6.45) is 3.50. The van der Waals surface area contributed by atoms with E-state index in [-0.39, 0.29) is 5.91 Å². The monoisotopic (exact) mass is 325 g/mol. The van der Waals surface area contributed by atoms with Crippen LogP contribution in [0.4, 0.5) is 0 Å². The van der Waals surface area contributed by atoms with Gasteiger partial charge in [-0.05, 0) is 24.3 Å². The van der Waals surface area contributed by atoms with Crippen molar-refractivity contribution in [3.8, 4) is 17.0 Å². The SMILES string of the molecule is COc1ccccc1C(=O)NCc1nc(-c2cccnc2)cs1. The molecule has 0 atom stereocenters. The van der Waals surface area contributed by atoms with Crippen molar-refractivity contribution in [2.45, 2.75) is 6.54 Å².